The Bertz CT molecular complexity index is 1090. The number of amides is 2. The zero-order valence-corrected chi connectivity index (χ0v) is 19.5. The third-order valence-electron chi connectivity index (χ3n) is 4.81. The topological polar surface area (TPSA) is 93.9 Å². The van der Waals surface area contributed by atoms with Gasteiger partial charge in [0.15, 0.2) is 5.11 Å². The minimum Gasteiger partial charge on any atom is -0.490 e. The molecular formula is C26H27N3O4S. The normalized spacial score (nSPS) is 10.2. The molecule has 34 heavy (non-hydrogen) atoms. The summed E-state index contributed by atoms with van der Waals surface area (Å²) in [6, 6.07) is 25.9. The van der Waals surface area contributed by atoms with E-state index in [0.29, 0.717) is 37.6 Å². The lowest BCUT2D eigenvalue weighted by molar-refractivity contribution is -0.118. The number of rotatable bonds is 11. The summed E-state index contributed by atoms with van der Waals surface area (Å²) in [5.41, 5.74) is 6.71. The smallest absolute Gasteiger partial charge is 0.257 e. The molecule has 0 fully saturated rings. The lowest BCUT2D eigenvalue weighted by atomic mass is 10.2. The number of carbonyl (C=O) groups excluding carboxylic acids is 2. The predicted octanol–water partition coefficient (Wildman–Crippen LogP) is 3.54. The first-order valence-corrected chi connectivity index (χ1v) is 11.3. The van der Waals surface area contributed by atoms with Crippen LogP contribution in [0.2, 0.25) is 0 Å². The number of hydrogen-bond donors (Lipinski definition) is 2. The van der Waals surface area contributed by atoms with Gasteiger partial charge in [-0.3, -0.25) is 14.9 Å². The molecule has 3 N–H and O–H groups in total. The van der Waals surface area contributed by atoms with Crippen LogP contribution in [-0.4, -0.2) is 41.6 Å². The van der Waals surface area contributed by atoms with Crippen molar-refractivity contribution in [2.24, 2.45) is 5.73 Å². The van der Waals surface area contributed by atoms with Gasteiger partial charge in [-0.15, -0.1) is 0 Å². The number of benzene rings is 3. The summed E-state index contributed by atoms with van der Waals surface area (Å²) < 4.78 is 11.3. The molecule has 0 aromatic heterocycles. The maximum Gasteiger partial charge on any atom is 0.257 e. The third-order valence-corrected chi connectivity index (χ3v) is 5.17. The van der Waals surface area contributed by atoms with Gasteiger partial charge in [0.05, 0.1) is 0 Å². The van der Waals surface area contributed by atoms with E-state index in [0.717, 1.165) is 11.3 Å². The Morgan fingerprint density at radius 3 is 2.15 bits per heavy atom. The van der Waals surface area contributed by atoms with Crippen molar-refractivity contribution in [2.45, 2.75) is 13.0 Å². The molecule has 0 unspecified atom stereocenters. The molecule has 0 aliphatic rings. The van der Waals surface area contributed by atoms with Gasteiger partial charge in [0.25, 0.3) is 5.91 Å². The zero-order valence-electron chi connectivity index (χ0n) is 18.7. The average molecular weight is 478 g/mol. The first-order valence-electron chi connectivity index (χ1n) is 10.8. The summed E-state index contributed by atoms with van der Waals surface area (Å²) in [5.74, 6) is 0.510. The monoisotopic (exact) mass is 477 g/mol. The Labute approximate surface area is 204 Å². The molecule has 176 valence electrons. The average Bonchev–Trinajstić information content (AvgIpc) is 2.85. The van der Waals surface area contributed by atoms with E-state index >= 15 is 0 Å². The molecular weight excluding hydrogens is 450 g/mol. The molecule has 2 amide bonds. The van der Waals surface area contributed by atoms with Gasteiger partial charge in [-0.2, -0.15) is 0 Å². The Morgan fingerprint density at radius 1 is 0.853 bits per heavy atom. The number of ether oxygens (including phenoxy) is 2. The van der Waals surface area contributed by atoms with Crippen molar-refractivity contribution >= 4 is 29.1 Å². The Hall–Kier alpha value is -3.91. The molecule has 0 saturated carbocycles. The highest BCUT2D eigenvalue weighted by Gasteiger charge is 2.16. The largest absolute Gasteiger partial charge is 0.490 e. The molecule has 0 aliphatic carbocycles. The van der Waals surface area contributed by atoms with Gasteiger partial charge < -0.3 is 20.1 Å². The molecule has 0 atom stereocenters. The summed E-state index contributed by atoms with van der Waals surface area (Å²) in [6.07, 6.45) is 0.122. The van der Waals surface area contributed by atoms with Crippen LogP contribution in [0.4, 0.5) is 0 Å². The van der Waals surface area contributed by atoms with Crippen molar-refractivity contribution < 1.29 is 19.1 Å². The molecule has 0 radical (unpaired) electrons. The van der Waals surface area contributed by atoms with Gasteiger partial charge in [-0.1, -0.05) is 54.6 Å². The lowest BCUT2D eigenvalue weighted by Crippen LogP contribution is -2.43. The van der Waals surface area contributed by atoms with E-state index in [1.54, 1.807) is 29.2 Å². The number of thiocarbonyl (C=S) groups is 1. The second kappa shape index (κ2) is 13.0. The Morgan fingerprint density at radius 2 is 1.47 bits per heavy atom. The van der Waals surface area contributed by atoms with Crippen molar-refractivity contribution in [1.29, 1.82) is 0 Å². The summed E-state index contributed by atoms with van der Waals surface area (Å²) >= 11 is 5.46. The molecule has 0 heterocycles. The van der Waals surface area contributed by atoms with Gasteiger partial charge in [-0.05, 0) is 48.1 Å². The number of carbonyl (C=O) groups is 2. The fraction of sp³-hybridized carbons (Fsp3) is 0.192. The quantitative estimate of drug-likeness (QED) is 0.324. The second-order valence-corrected chi connectivity index (χ2v) is 7.81. The molecule has 0 spiro atoms. The summed E-state index contributed by atoms with van der Waals surface area (Å²) in [4.78, 5) is 25.9. The molecule has 7 nitrogen and oxygen atoms in total. The van der Waals surface area contributed by atoms with Crippen LogP contribution in [0.15, 0.2) is 84.9 Å². The van der Waals surface area contributed by atoms with Crippen LogP contribution >= 0.6 is 12.2 Å². The highest BCUT2D eigenvalue weighted by molar-refractivity contribution is 7.80. The molecule has 0 aliphatic heterocycles. The second-order valence-electron chi connectivity index (χ2n) is 7.42. The molecule has 3 aromatic carbocycles. The molecule has 3 rings (SSSR count). The van der Waals surface area contributed by atoms with E-state index in [2.05, 4.69) is 5.32 Å². The van der Waals surface area contributed by atoms with Crippen LogP contribution in [0.3, 0.4) is 0 Å². The third kappa shape index (κ3) is 8.22. The van der Waals surface area contributed by atoms with Crippen LogP contribution in [0, 0.1) is 0 Å². The summed E-state index contributed by atoms with van der Waals surface area (Å²) in [7, 11) is 0. The maximum atomic E-state index is 12.8. The number of nitrogens with two attached hydrogens (primary N) is 1. The fourth-order valence-electron chi connectivity index (χ4n) is 3.11. The Balaban J connectivity index is 1.55. The minimum absolute atomic E-state index is 0.122. The number of primary amides is 1. The molecule has 0 bridgehead atoms. The number of para-hydroxylation sites is 1. The molecule has 3 aromatic rings. The SMILES string of the molecule is NC(=O)CCN(Cc1ccccc1)C(=S)NC(=O)c1cccc(OCCOc2ccccc2)c1. The van der Waals surface area contributed by atoms with Crippen LogP contribution in [0.1, 0.15) is 22.3 Å². The van der Waals surface area contributed by atoms with E-state index in [1.807, 2.05) is 60.7 Å². The Kier molecular flexibility index (Phi) is 9.42. The number of hydrogen-bond acceptors (Lipinski definition) is 5. The zero-order chi connectivity index (χ0) is 24.2. The van der Waals surface area contributed by atoms with Gasteiger partial charge in [-0.25, -0.2) is 0 Å². The van der Waals surface area contributed by atoms with Crippen LogP contribution in [0.25, 0.3) is 0 Å². The van der Waals surface area contributed by atoms with Gasteiger partial charge in [0.2, 0.25) is 5.91 Å². The van der Waals surface area contributed by atoms with E-state index in [1.165, 1.54) is 0 Å². The van der Waals surface area contributed by atoms with Crippen LogP contribution in [-0.2, 0) is 11.3 Å². The van der Waals surface area contributed by atoms with Crippen LogP contribution in [0.5, 0.6) is 11.5 Å². The van der Waals surface area contributed by atoms with E-state index in [-0.39, 0.29) is 17.4 Å². The van der Waals surface area contributed by atoms with Crippen molar-refractivity contribution in [3.63, 3.8) is 0 Å². The maximum absolute atomic E-state index is 12.8. The van der Waals surface area contributed by atoms with Gasteiger partial charge in [0, 0.05) is 25.1 Å². The van der Waals surface area contributed by atoms with Crippen molar-refractivity contribution in [1.82, 2.24) is 10.2 Å². The molecule has 0 saturated heterocycles. The summed E-state index contributed by atoms with van der Waals surface area (Å²) in [5, 5.41) is 2.96. The number of nitrogens with one attached hydrogen (secondary N) is 1. The lowest BCUT2D eigenvalue weighted by Gasteiger charge is -2.25. The predicted molar refractivity (Wildman–Crippen MR) is 135 cm³/mol. The van der Waals surface area contributed by atoms with E-state index in [9.17, 15) is 9.59 Å². The minimum atomic E-state index is -0.437. The number of nitrogens with zero attached hydrogens (tertiary/aromatic N) is 1. The highest BCUT2D eigenvalue weighted by atomic mass is 32.1. The first kappa shape index (κ1) is 24.7. The van der Waals surface area contributed by atoms with Crippen molar-refractivity contribution in [3.05, 3.63) is 96.1 Å². The molecule has 8 heteroatoms. The summed E-state index contributed by atoms with van der Waals surface area (Å²) in [6.45, 7) is 1.45. The fourth-order valence-corrected chi connectivity index (χ4v) is 3.36. The van der Waals surface area contributed by atoms with Gasteiger partial charge in [0.1, 0.15) is 24.7 Å². The highest BCUT2D eigenvalue weighted by Crippen LogP contribution is 2.14. The first-order chi connectivity index (χ1) is 16.5. The van der Waals surface area contributed by atoms with Crippen molar-refractivity contribution in [3.8, 4) is 11.5 Å². The van der Waals surface area contributed by atoms with Gasteiger partial charge >= 0.3 is 0 Å². The van der Waals surface area contributed by atoms with Crippen molar-refractivity contribution in [2.75, 3.05) is 19.8 Å². The standard InChI is InChI=1S/C26H27N3O4S/c27-24(30)14-15-29(19-20-8-3-1-4-9-20)26(34)28-25(31)21-10-7-13-23(18-21)33-17-16-32-22-11-5-2-6-12-22/h1-13,18H,14-17,19H2,(H2,27,30)(H,28,31,34). The van der Waals surface area contributed by atoms with E-state index in [4.69, 9.17) is 27.4 Å². The van der Waals surface area contributed by atoms with E-state index < -0.39 is 5.91 Å². The van der Waals surface area contributed by atoms with Crippen LogP contribution < -0.4 is 20.5 Å².